The van der Waals surface area contributed by atoms with Gasteiger partial charge < -0.3 is 5.73 Å². The summed E-state index contributed by atoms with van der Waals surface area (Å²) in [7, 11) is 1.50. The van der Waals surface area contributed by atoms with Crippen molar-refractivity contribution in [2.45, 2.75) is 40.0 Å². The van der Waals surface area contributed by atoms with Gasteiger partial charge >= 0.3 is 0 Å². The molecule has 4 heteroatoms. The quantitative estimate of drug-likeness (QED) is 0.435. The Morgan fingerprint density at radius 2 is 1.74 bits per heavy atom. The lowest BCUT2D eigenvalue weighted by Crippen LogP contribution is -2.34. The van der Waals surface area contributed by atoms with Crippen LogP contribution in [0.3, 0.4) is 0 Å². The lowest BCUT2D eigenvalue weighted by atomic mass is 10.0. The minimum Gasteiger partial charge on any atom is -0.333 e. The summed E-state index contributed by atoms with van der Waals surface area (Å²) < 4.78 is 0. The zero-order valence-electron chi connectivity index (χ0n) is 12.6. The van der Waals surface area contributed by atoms with E-state index in [0.29, 0.717) is 0 Å². The average Bonchev–Trinajstić information content (AvgIpc) is 2.51. The Hall–Kier alpha value is -1.39. The molecule has 0 radical (unpaired) electrons. The molecule has 0 bridgehead atoms. The van der Waals surface area contributed by atoms with Crippen LogP contribution in [0.5, 0.6) is 0 Å². The molecule has 1 unspecified atom stereocenters. The molecule has 5 N–H and O–H groups in total. The van der Waals surface area contributed by atoms with Crippen LogP contribution in [0.1, 0.15) is 39.2 Å². The second kappa shape index (κ2) is 14.7. The van der Waals surface area contributed by atoms with E-state index in [0.717, 1.165) is 19.3 Å². The second-order valence-electron chi connectivity index (χ2n) is 3.79. The fourth-order valence-electron chi connectivity index (χ4n) is 1.53. The third kappa shape index (κ3) is 10.2. The first-order valence-corrected chi connectivity index (χ1v) is 6.86. The first-order valence-electron chi connectivity index (χ1n) is 6.86. The van der Waals surface area contributed by atoms with Gasteiger partial charge in [0.25, 0.3) is 0 Å². The second-order valence-corrected chi connectivity index (χ2v) is 3.79. The maximum atomic E-state index is 11.1. The number of hydrazine groups is 1. The Kier molecular flexibility index (Phi) is 15.4. The molecule has 1 amide bonds. The normalized spacial score (nSPS) is 10.2. The molecule has 0 aliphatic heterocycles. The predicted octanol–water partition coefficient (Wildman–Crippen LogP) is 2.24. The van der Waals surface area contributed by atoms with E-state index in [-0.39, 0.29) is 11.8 Å². The highest BCUT2D eigenvalue weighted by Crippen LogP contribution is 2.10. The molecule has 110 valence electrons. The zero-order chi connectivity index (χ0) is 15.1. The molecule has 0 aliphatic carbocycles. The van der Waals surface area contributed by atoms with Gasteiger partial charge in [-0.25, -0.2) is 5.84 Å². The van der Waals surface area contributed by atoms with Crippen molar-refractivity contribution in [3.8, 4) is 0 Å². The number of nitrogens with one attached hydrogen (secondary N) is 1. The Labute approximate surface area is 117 Å². The molecule has 1 aromatic carbocycles. The lowest BCUT2D eigenvalue weighted by Gasteiger charge is -2.08. The van der Waals surface area contributed by atoms with Gasteiger partial charge in [-0.05, 0) is 31.9 Å². The predicted molar refractivity (Wildman–Crippen MR) is 82.3 cm³/mol. The van der Waals surface area contributed by atoms with Crippen molar-refractivity contribution in [1.29, 1.82) is 0 Å². The Morgan fingerprint density at radius 3 is 2.21 bits per heavy atom. The van der Waals surface area contributed by atoms with E-state index in [1.54, 1.807) is 0 Å². The summed E-state index contributed by atoms with van der Waals surface area (Å²) in [6.07, 6.45) is 2.90. The Balaban J connectivity index is 0. The molecule has 0 spiro atoms. The Bertz CT molecular complexity index is 302. The highest BCUT2D eigenvalue weighted by Gasteiger charge is 2.10. The largest absolute Gasteiger partial charge is 0.333 e. The molecule has 4 nitrogen and oxygen atoms in total. The number of rotatable bonds is 5. The number of benzene rings is 1. The van der Waals surface area contributed by atoms with Crippen LogP contribution in [0.2, 0.25) is 0 Å². The molecule has 0 aliphatic rings. The fraction of sp³-hybridized carbons (Fsp3) is 0.533. The molecule has 19 heavy (non-hydrogen) atoms. The number of carbonyl (C=O) groups excluding carboxylic acids is 1. The third-order valence-corrected chi connectivity index (χ3v) is 2.54. The molecule has 0 heterocycles. The summed E-state index contributed by atoms with van der Waals surface area (Å²) in [6, 6.07) is 10.3. The van der Waals surface area contributed by atoms with Gasteiger partial charge in [-0.3, -0.25) is 10.2 Å². The summed E-state index contributed by atoms with van der Waals surface area (Å²) in [5.74, 6) is 4.97. The van der Waals surface area contributed by atoms with Crippen molar-refractivity contribution in [3.05, 3.63) is 35.9 Å². The van der Waals surface area contributed by atoms with Crippen molar-refractivity contribution < 1.29 is 4.79 Å². The van der Waals surface area contributed by atoms with Crippen molar-refractivity contribution in [1.82, 2.24) is 5.43 Å². The summed E-state index contributed by atoms with van der Waals surface area (Å²) in [5.41, 5.74) is 7.99. The number of nitrogens with two attached hydrogens (primary N) is 2. The van der Waals surface area contributed by atoms with Crippen LogP contribution in [-0.4, -0.2) is 13.0 Å². The van der Waals surface area contributed by atoms with E-state index in [2.05, 4.69) is 23.3 Å². The van der Waals surface area contributed by atoms with Gasteiger partial charge in [0, 0.05) is 5.92 Å². The average molecular weight is 267 g/mol. The van der Waals surface area contributed by atoms with Crippen LogP contribution >= 0.6 is 0 Å². The molecule has 0 fully saturated rings. The minimum absolute atomic E-state index is 0.00119. The maximum Gasteiger partial charge on any atom is 0.236 e. The van der Waals surface area contributed by atoms with Crippen LogP contribution in [0.25, 0.3) is 0 Å². The number of hydrogen-bond acceptors (Lipinski definition) is 3. The fourth-order valence-corrected chi connectivity index (χ4v) is 1.53. The van der Waals surface area contributed by atoms with Gasteiger partial charge in [-0.2, -0.15) is 0 Å². The standard InChI is InChI=1S/C12H18N2O.C2H6.CH5N/c1-10(12(15)14-13)6-5-9-11-7-3-2-4-8-11;2*1-2/h2-4,7-8,10H,5-6,9,13H2,1H3,(H,14,15);1-2H3;2H2,1H3. The topological polar surface area (TPSA) is 81.1 Å². The third-order valence-electron chi connectivity index (χ3n) is 2.54. The van der Waals surface area contributed by atoms with Gasteiger partial charge in [0.1, 0.15) is 0 Å². The van der Waals surface area contributed by atoms with Gasteiger partial charge in [0.05, 0.1) is 0 Å². The van der Waals surface area contributed by atoms with Crippen LogP contribution in [-0.2, 0) is 11.2 Å². The number of carbonyl (C=O) groups is 1. The van der Waals surface area contributed by atoms with Gasteiger partial charge in [-0.15, -0.1) is 0 Å². The molecule has 0 saturated heterocycles. The molecular formula is C15H29N3O. The Morgan fingerprint density at radius 1 is 1.21 bits per heavy atom. The summed E-state index contributed by atoms with van der Waals surface area (Å²) in [6.45, 7) is 5.90. The van der Waals surface area contributed by atoms with Gasteiger partial charge in [-0.1, -0.05) is 51.1 Å². The van der Waals surface area contributed by atoms with E-state index in [1.165, 1.54) is 12.6 Å². The van der Waals surface area contributed by atoms with Crippen molar-refractivity contribution >= 4 is 5.91 Å². The van der Waals surface area contributed by atoms with Gasteiger partial charge in [0.15, 0.2) is 0 Å². The number of aryl methyl sites for hydroxylation is 1. The van der Waals surface area contributed by atoms with Crippen LogP contribution in [0.15, 0.2) is 30.3 Å². The molecule has 1 rings (SSSR count). The summed E-state index contributed by atoms with van der Waals surface area (Å²) >= 11 is 0. The molecule has 0 saturated carbocycles. The van der Waals surface area contributed by atoms with Crippen molar-refractivity contribution in [2.75, 3.05) is 7.05 Å². The maximum absolute atomic E-state index is 11.1. The molecular weight excluding hydrogens is 238 g/mol. The first-order chi connectivity index (χ1) is 9.24. The smallest absolute Gasteiger partial charge is 0.236 e. The van der Waals surface area contributed by atoms with E-state index < -0.39 is 0 Å². The van der Waals surface area contributed by atoms with Crippen LogP contribution in [0, 0.1) is 5.92 Å². The summed E-state index contributed by atoms with van der Waals surface area (Å²) in [4.78, 5) is 11.1. The first kappa shape index (κ1) is 19.9. The van der Waals surface area contributed by atoms with Crippen LogP contribution in [0.4, 0.5) is 0 Å². The monoisotopic (exact) mass is 267 g/mol. The van der Waals surface area contributed by atoms with E-state index in [9.17, 15) is 4.79 Å². The van der Waals surface area contributed by atoms with Crippen molar-refractivity contribution in [2.24, 2.45) is 17.5 Å². The van der Waals surface area contributed by atoms with E-state index in [1.807, 2.05) is 39.0 Å². The highest BCUT2D eigenvalue weighted by molar-refractivity contribution is 5.77. The van der Waals surface area contributed by atoms with Crippen molar-refractivity contribution in [3.63, 3.8) is 0 Å². The lowest BCUT2D eigenvalue weighted by molar-refractivity contribution is -0.124. The van der Waals surface area contributed by atoms with E-state index >= 15 is 0 Å². The molecule has 1 aromatic rings. The van der Waals surface area contributed by atoms with Gasteiger partial charge in [0.2, 0.25) is 5.91 Å². The number of amides is 1. The van der Waals surface area contributed by atoms with E-state index in [4.69, 9.17) is 5.84 Å². The minimum atomic E-state index is -0.0805. The van der Waals surface area contributed by atoms with Crippen LogP contribution < -0.4 is 17.0 Å². The SMILES string of the molecule is CC.CC(CCCc1ccccc1)C(=O)NN.CN. The summed E-state index contributed by atoms with van der Waals surface area (Å²) in [5, 5.41) is 0. The molecule has 0 aromatic heterocycles. The number of hydrogen-bond donors (Lipinski definition) is 3. The zero-order valence-corrected chi connectivity index (χ0v) is 12.6. The molecule has 1 atom stereocenters. The highest BCUT2D eigenvalue weighted by atomic mass is 16.2.